The Morgan fingerprint density at radius 2 is 1.81 bits per heavy atom. The number of carbonyl (C=O) groups excluding carboxylic acids is 2. The summed E-state index contributed by atoms with van der Waals surface area (Å²) in [6, 6.07) is 16.1. The van der Waals surface area contributed by atoms with Crippen LogP contribution in [-0.2, 0) is 9.59 Å². The minimum absolute atomic E-state index is 0.0995. The molecule has 0 N–H and O–H groups in total. The summed E-state index contributed by atoms with van der Waals surface area (Å²) in [5, 5.41) is 9.29. The van der Waals surface area contributed by atoms with Gasteiger partial charge in [0.15, 0.2) is 0 Å². The summed E-state index contributed by atoms with van der Waals surface area (Å²) in [7, 11) is 1.64. The molecule has 0 bridgehead atoms. The number of ether oxygens (including phenoxy) is 1. The molecule has 0 aliphatic carbocycles. The van der Waals surface area contributed by atoms with Crippen molar-refractivity contribution in [1.29, 1.82) is 5.26 Å². The lowest BCUT2D eigenvalue weighted by Gasteiger charge is -2.10. The second-order valence-corrected chi connectivity index (χ2v) is 6.25. The normalized spacial score (nSPS) is 12.0. The van der Waals surface area contributed by atoms with E-state index in [-0.39, 0.29) is 5.57 Å². The number of carbonyl (C=O) groups is 2. The van der Waals surface area contributed by atoms with Crippen molar-refractivity contribution in [2.24, 2.45) is 0 Å². The van der Waals surface area contributed by atoms with Gasteiger partial charge in [0.25, 0.3) is 0 Å². The summed E-state index contributed by atoms with van der Waals surface area (Å²) in [5.41, 5.74) is 2.45. The summed E-state index contributed by atoms with van der Waals surface area (Å²) < 4.78 is 5.30. The van der Waals surface area contributed by atoms with Crippen molar-refractivity contribution in [2.75, 3.05) is 11.9 Å². The van der Waals surface area contributed by atoms with Crippen LogP contribution in [0, 0.1) is 11.3 Å². The van der Waals surface area contributed by atoms with E-state index >= 15 is 0 Å². The maximum absolute atomic E-state index is 12.3. The average Bonchev–Trinajstić information content (AvgIpc) is 2.71. The zero-order valence-corrected chi connectivity index (χ0v) is 15.7. The monoisotopic (exact) mass is 362 g/mol. The van der Waals surface area contributed by atoms with Gasteiger partial charge in [-0.25, -0.2) is 4.79 Å². The Morgan fingerprint density at radius 3 is 2.33 bits per heavy atom. The Labute approximate surface area is 159 Å². The van der Waals surface area contributed by atoms with Crippen molar-refractivity contribution in [3.63, 3.8) is 0 Å². The molecule has 0 spiro atoms. The van der Waals surface area contributed by atoms with Crippen LogP contribution < -0.4 is 9.64 Å². The fraction of sp³-hybridized carbons (Fsp3) is 0.227. The van der Waals surface area contributed by atoms with E-state index in [4.69, 9.17) is 4.74 Å². The van der Waals surface area contributed by atoms with Crippen LogP contribution in [0.25, 0.3) is 6.08 Å². The molecule has 0 saturated carbocycles. The minimum atomic E-state index is -0.706. The first kappa shape index (κ1) is 19.9. The number of hydrogen-bond acceptors (Lipinski definition) is 4. The average molecular weight is 362 g/mol. The molecule has 0 radical (unpaired) electrons. The predicted molar refractivity (Wildman–Crippen MR) is 105 cm³/mol. The maximum Gasteiger partial charge on any atom is 0.354 e. The van der Waals surface area contributed by atoms with Crippen LogP contribution in [0.2, 0.25) is 0 Å². The molecule has 0 saturated heterocycles. The van der Waals surface area contributed by atoms with E-state index in [0.29, 0.717) is 29.3 Å². The van der Waals surface area contributed by atoms with Crippen molar-refractivity contribution < 1.29 is 14.3 Å². The van der Waals surface area contributed by atoms with Crippen LogP contribution >= 0.6 is 0 Å². The van der Waals surface area contributed by atoms with Gasteiger partial charge in [-0.15, -0.1) is 0 Å². The third-order valence-electron chi connectivity index (χ3n) is 4.38. The SMILES string of the molecule is CCC(C)c1ccc(OC(=O)C(C#N)=Cc2ccc(N(C)C=O)cc2)cc1. The van der Waals surface area contributed by atoms with Gasteiger partial charge in [0.05, 0.1) is 0 Å². The van der Waals surface area contributed by atoms with E-state index in [1.807, 2.05) is 18.2 Å². The number of amides is 1. The Hall–Kier alpha value is -3.39. The van der Waals surface area contributed by atoms with Crippen LogP contribution in [0.4, 0.5) is 5.69 Å². The number of nitriles is 1. The van der Waals surface area contributed by atoms with Crippen molar-refractivity contribution in [1.82, 2.24) is 0 Å². The highest BCUT2D eigenvalue weighted by atomic mass is 16.5. The highest BCUT2D eigenvalue weighted by Gasteiger charge is 2.13. The molecule has 1 atom stereocenters. The minimum Gasteiger partial charge on any atom is -0.422 e. The molecular formula is C22H22N2O3. The molecule has 2 rings (SSSR count). The van der Waals surface area contributed by atoms with E-state index in [1.165, 1.54) is 16.5 Å². The van der Waals surface area contributed by atoms with Gasteiger partial charge in [0.1, 0.15) is 17.4 Å². The number of nitrogens with zero attached hydrogens (tertiary/aromatic N) is 2. The lowest BCUT2D eigenvalue weighted by molar-refractivity contribution is -0.129. The Bertz CT molecular complexity index is 862. The number of rotatable bonds is 7. The van der Waals surface area contributed by atoms with Gasteiger partial charge < -0.3 is 9.64 Å². The van der Waals surface area contributed by atoms with E-state index in [2.05, 4.69) is 13.8 Å². The van der Waals surface area contributed by atoms with Crippen molar-refractivity contribution in [3.8, 4) is 11.8 Å². The largest absolute Gasteiger partial charge is 0.422 e. The summed E-state index contributed by atoms with van der Waals surface area (Å²) in [6.45, 7) is 4.25. The zero-order chi connectivity index (χ0) is 19.8. The second kappa shape index (κ2) is 9.35. The second-order valence-electron chi connectivity index (χ2n) is 6.25. The number of hydrogen-bond donors (Lipinski definition) is 0. The molecule has 27 heavy (non-hydrogen) atoms. The molecular weight excluding hydrogens is 340 g/mol. The van der Waals surface area contributed by atoms with Crippen molar-refractivity contribution in [2.45, 2.75) is 26.2 Å². The van der Waals surface area contributed by atoms with Gasteiger partial charge in [-0.05, 0) is 53.8 Å². The lowest BCUT2D eigenvalue weighted by Crippen LogP contribution is -2.13. The van der Waals surface area contributed by atoms with E-state index in [1.54, 1.807) is 43.4 Å². The first-order valence-corrected chi connectivity index (χ1v) is 8.70. The quantitative estimate of drug-likeness (QED) is 0.242. The zero-order valence-electron chi connectivity index (χ0n) is 15.7. The highest BCUT2D eigenvalue weighted by Crippen LogP contribution is 2.22. The smallest absolute Gasteiger partial charge is 0.354 e. The predicted octanol–water partition coefficient (Wildman–Crippen LogP) is 4.31. The summed E-state index contributed by atoms with van der Waals surface area (Å²) in [4.78, 5) is 24.5. The van der Waals surface area contributed by atoms with E-state index in [0.717, 1.165) is 6.42 Å². The van der Waals surface area contributed by atoms with Gasteiger partial charge in [0.2, 0.25) is 6.41 Å². The number of anilines is 1. The molecule has 0 aliphatic heterocycles. The molecule has 0 fully saturated rings. The molecule has 0 aliphatic rings. The summed E-state index contributed by atoms with van der Waals surface area (Å²) in [5.74, 6) is 0.129. The highest BCUT2D eigenvalue weighted by molar-refractivity contribution is 5.99. The topological polar surface area (TPSA) is 70.4 Å². The number of esters is 1. The summed E-state index contributed by atoms with van der Waals surface area (Å²) in [6.07, 6.45) is 3.19. The van der Waals surface area contributed by atoms with Crippen LogP contribution in [0.3, 0.4) is 0 Å². The molecule has 1 unspecified atom stereocenters. The molecule has 2 aromatic rings. The van der Waals surface area contributed by atoms with Crippen molar-refractivity contribution in [3.05, 3.63) is 65.2 Å². The van der Waals surface area contributed by atoms with E-state index in [9.17, 15) is 14.9 Å². The van der Waals surface area contributed by atoms with Gasteiger partial charge in [-0.1, -0.05) is 38.1 Å². The molecule has 0 aromatic heterocycles. The molecule has 1 amide bonds. The fourth-order valence-corrected chi connectivity index (χ4v) is 2.43. The standard InChI is InChI=1S/C22H22N2O3/c1-4-16(2)18-7-11-21(12-8-18)27-22(26)19(14-23)13-17-5-9-20(10-6-17)24(3)15-25/h5-13,15-16H,4H2,1-3H3. The molecule has 5 nitrogen and oxygen atoms in total. The maximum atomic E-state index is 12.3. The Kier molecular flexibility index (Phi) is 6.90. The van der Waals surface area contributed by atoms with Crippen LogP contribution in [0.1, 0.15) is 37.3 Å². The lowest BCUT2D eigenvalue weighted by atomic mass is 9.99. The van der Waals surface area contributed by atoms with Gasteiger partial charge >= 0.3 is 5.97 Å². The van der Waals surface area contributed by atoms with Crippen molar-refractivity contribution >= 4 is 24.1 Å². The summed E-state index contributed by atoms with van der Waals surface area (Å²) >= 11 is 0. The third kappa shape index (κ3) is 5.29. The van der Waals surface area contributed by atoms with Gasteiger partial charge in [0, 0.05) is 12.7 Å². The van der Waals surface area contributed by atoms with E-state index < -0.39 is 5.97 Å². The molecule has 138 valence electrons. The third-order valence-corrected chi connectivity index (χ3v) is 4.38. The molecule has 2 aromatic carbocycles. The Morgan fingerprint density at radius 1 is 1.19 bits per heavy atom. The molecule has 5 heteroatoms. The Balaban J connectivity index is 2.12. The van der Waals surface area contributed by atoms with Gasteiger partial charge in [-0.2, -0.15) is 5.26 Å². The van der Waals surface area contributed by atoms with Gasteiger partial charge in [-0.3, -0.25) is 4.79 Å². The fourth-order valence-electron chi connectivity index (χ4n) is 2.43. The van der Waals surface area contributed by atoms with Crippen LogP contribution in [0.15, 0.2) is 54.1 Å². The first-order valence-electron chi connectivity index (χ1n) is 8.70. The first-order chi connectivity index (χ1) is 13.0. The number of benzene rings is 2. The van der Waals surface area contributed by atoms with Crippen LogP contribution in [-0.4, -0.2) is 19.4 Å². The molecule has 0 heterocycles. The van der Waals surface area contributed by atoms with Crippen LogP contribution in [0.5, 0.6) is 5.75 Å².